The maximum atomic E-state index is 12.0. The minimum absolute atomic E-state index is 0.0738. The lowest BCUT2D eigenvalue weighted by Gasteiger charge is -2.44. The number of rotatable bonds is 8. The predicted octanol–water partition coefficient (Wildman–Crippen LogP) is 1.81. The van der Waals surface area contributed by atoms with E-state index in [1.54, 1.807) is 0 Å². The Hall–Kier alpha value is -0.260. The van der Waals surface area contributed by atoms with Crippen molar-refractivity contribution in [3.05, 3.63) is 0 Å². The average molecular weight is 237 g/mol. The fourth-order valence-electron chi connectivity index (χ4n) is 1.89. The molecule has 3 unspecified atom stereocenters. The molecule has 0 heterocycles. The first-order valence-corrected chi connectivity index (χ1v) is 5.93. The second-order valence-corrected chi connectivity index (χ2v) is 3.98. The Balaban J connectivity index is 2.26. The summed E-state index contributed by atoms with van der Waals surface area (Å²) in [5.74, 6) is 0. The van der Waals surface area contributed by atoms with E-state index in [0.717, 1.165) is 19.4 Å². The third kappa shape index (κ3) is 3.96. The molecule has 1 N–H and O–H groups in total. The third-order valence-electron chi connectivity index (χ3n) is 2.70. The van der Waals surface area contributed by atoms with Crippen LogP contribution in [-0.2, 0) is 9.47 Å². The van der Waals surface area contributed by atoms with Crippen LogP contribution in [0.4, 0.5) is 8.78 Å². The molecule has 0 radical (unpaired) electrons. The van der Waals surface area contributed by atoms with Gasteiger partial charge in [-0.25, -0.2) is 8.78 Å². The van der Waals surface area contributed by atoms with Crippen molar-refractivity contribution in [2.24, 2.45) is 0 Å². The van der Waals surface area contributed by atoms with Gasteiger partial charge < -0.3 is 14.8 Å². The molecule has 3 nitrogen and oxygen atoms in total. The van der Waals surface area contributed by atoms with Gasteiger partial charge in [-0.2, -0.15) is 0 Å². The molecule has 0 aromatic rings. The first-order chi connectivity index (χ1) is 7.69. The molecule has 0 aliphatic heterocycles. The van der Waals surface area contributed by atoms with E-state index >= 15 is 0 Å². The zero-order valence-electron chi connectivity index (χ0n) is 9.92. The third-order valence-corrected chi connectivity index (χ3v) is 2.70. The second kappa shape index (κ2) is 7.14. The minimum atomic E-state index is -2.40. The van der Waals surface area contributed by atoms with Crippen LogP contribution in [0.5, 0.6) is 0 Å². The van der Waals surface area contributed by atoms with Gasteiger partial charge in [0, 0.05) is 12.6 Å². The van der Waals surface area contributed by atoms with Crippen LogP contribution in [0.2, 0.25) is 0 Å². The molecule has 96 valence electrons. The highest BCUT2D eigenvalue weighted by Crippen LogP contribution is 2.27. The van der Waals surface area contributed by atoms with Crippen LogP contribution in [0.25, 0.3) is 0 Å². The quantitative estimate of drug-likeness (QED) is 0.698. The number of ether oxygens (including phenoxy) is 2. The Morgan fingerprint density at radius 2 is 2.06 bits per heavy atom. The number of halogens is 2. The van der Waals surface area contributed by atoms with Crippen molar-refractivity contribution in [1.82, 2.24) is 5.32 Å². The fourth-order valence-corrected chi connectivity index (χ4v) is 1.89. The first kappa shape index (κ1) is 13.8. The van der Waals surface area contributed by atoms with Gasteiger partial charge in [-0.3, -0.25) is 0 Å². The largest absolute Gasteiger partial charge is 0.374 e. The standard InChI is InChI=1S/C11H21F2NO2/c1-3-5-14-8-6-9(11(8)15-4-2)16-7-10(12)13/h8-11,14H,3-7H2,1-2H3. The van der Waals surface area contributed by atoms with Gasteiger partial charge >= 0.3 is 0 Å². The molecule has 1 aliphatic rings. The molecule has 5 heteroatoms. The summed E-state index contributed by atoms with van der Waals surface area (Å²) in [7, 11) is 0. The molecule has 0 bridgehead atoms. The molecular formula is C11H21F2NO2. The van der Waals surface area contributed by atoms with Crippen molar-refractivity contribution in [3.8, 4) is 0 Å². The number of alkyl halides is 2. The SMILES string of the molecule is CCCNC1CC(OCC(F)F)C1OCC. The molecule has 0 spiro atoms. The van der Waals surface area contributed by atoms with Crippen LogP contribution < -0.4 is 5.32 Å². The van der Waals surface area contributed by atoms with Crippen molar-refractivity contribution >= 4 is 0 Å². The summed E-state index contributed by atoms with van der Waals surface area (Å²) in [5, 5.41) is 3.33. The lowest BCUT2D eigenvalue weighted by atomic mass is 9.85. The Kier molecular flexibility index (Phi) is 6.16. The van der Waals surface area contributed by atoms with E-state index in [4.69, 9.17) is 9.47 Å². The summed E-state index contributed by atoms with van der Waals surface area (Å²) in [6, 6.07) is 0.252. The van der Waals surface area contributed by atoms with E-state index in [0.29, 0.717) is 6.61 Å². The summed E-state index contributed by atoms with van der Waals surface area (Å²) in [6.07, 6.45) is -0.835. The van der Waals surface area contributed by atoms with Crippen LogP contribution in [-0.4, -0.2) is 44.4 Å². The molecule has 1 rings (SSSR count). The van der Waals surface area contributed by atoms with Crippen LogP contribution in [0.3, 0.4) is 0 Å². The average Bonchev–Trinajstić information content (AvgIpc) is 2.23. The summed E-state index contributed by atoms with van der Waals surface area (Å²) in [4.78, 5) is 0. The monoisotopic (exact) mass is 237 g/mol. The maximum absolute atomic E-state index is 12.0. The van der Waals surface area contributed by atoms with Gasteiger partial charge in [0.15, 0.2) is 0 Å². The molecule has 3 atom stereocenters. The van der Waals surface area contributed by atoms with Crippen LogP contribution in [0, 0.1) is 0 Å². The molecule has 1 aliphatic carbocycles. The van der Waals surface area contributed by atoms with Crippen molar-refractivity contribution < 1.29 is 18.3 Å². The van der Waals surface area contributed by atoms with Gasteiger partial charge in [-0.05, 0) is 26.3 Å². The van der Waals surface area contributed by atoms with Crippen molar-refractivity contribution in [2.45, 2.75) is 51.4 Å². The zero-order valence-corrected chi connectivity index (χ0v) is 9.92. The summed E-state index contributed by atoms with van der Waals surface area (Å²) < 4.78 is 34.6. The highest BCUT2D eigenvalue weighted by molar-refractivity contribution is 4.97. The summed E-state index contributed by atoms with van der Waals surface area (Å²) in [5.41, 5.74) is 0. The zero-order chi connectivity index (χ0) is 12.0. The molecule has 0 aromatic carbocycles. The van der Waals surface area contributed by atoms with Crippen molar-refractivity contribution in [2.75, 3.05) is 19.8 Å². The van der Waals surface area contributed by atoms with Gasteiger partial charge in [-0.15, -0.1) is 0 Å². The van der Waals surface area contributed by atoms with E-state index in [1.165, 1.54) is 0 Å². The van der Waals surface area contributed by atoms with Gasteiger partial charge in [0.25, 0.3) is 6.43 Å². The fraction of sp³-hybridized carbons (Fsp3) is 1.00. The molecule has 16 heavy (non-hydrogen) atoms. The highest BCUT2D eigenvalue weighted by atomic mass is 19.3. The van der Waals surface area contributed by atoms with Gasteiger partial charge in [0.2, 0.25) is 0 Å². The van der Waals surface area contributed by atoms with Crippen LogP contribution >= 0.6 is 0 Å². The van der Waals surface area contributed by atoms with E-state index in [1.807, 2.05) is 6.92 Å². The molecule has 1 fully saturated rings. The summed E-state index contributed by atoms with van der Waals surface area (Å²) in [6.45, 7) is 5.01. The van der Waals surface area contributed by atoms with E-state index in [9.17, 15) is 8.78 Å². The molecule has 0 saturated heterocycles. The van der Waals surface area contributed by atoms with Crippen molar-refractivity contribution in [3.63, 3.8) is 0 Å². The topological polar surface area (TPSA) is 30.5 Å². The summed E-state index contributed by atoms with van der Waals surface area (Å²) >= 11 is 0. The normalized spacial score (nSPS) is 29.4. The van der Waals surface area contributed by atoms with Gasteiger partial charge in [0.1, 0.15) is 6.61 Å². The van der Waals surface area contributed by atoms with E-state index in [-0.39, 0.29) is 18.2 Å². The predicted molar refractivity (Wildman–Crippen MR) is 57.9 cm³/mol. The number of nitrogens with one attached hydrogen (secondary N) is 1. The van der Waals surface area contributed by atoms with Gasteiger partial charge in [-0.1, -0.05) is 6.92 Å². The molecule has 0 aromatic heterocycles. The molecule has 0 amide bonds. The second-order valence-electron chi connectivity index (χ2n) is 3.98. The Morgan fingerprint density at radius 3 is 2.62 bits per heavy atom. The lowest BCUT2D eigenvalue weighted by Crippen LogP contribution is -2.60. The number of hydrogen-bond acceptors (Lipinski definition) is 3. The Bertz CT molecular complexity index is 193. The Labute approximate surface area is 95.5 Å². The number of hydrogen-bond donors (Lipinski definition) is 1. The maximum Gasteiger partial charge on any atom is 0.261 e. The van der Waals surface area contributed by atoms with Crippen molar-refractivity contribution in [1.29, 1.82) is 0 Å². The minimum Gasteiger partial charge on any atom is -0.374 e. The molecular weight excluding hydrogens is 216 g/mol. The highest BCUT2D eigenvalue weighted by Gasteiger charge is 2.42. The van der Waals surface area contributed by atoms with E-state index < -0.39 is 13.0 Å². The first-order valence-electron chi connectivity index (χ1n) is 5.93. The lowest BCUT2D eigenvalue weighted by molar-refractivity contribution is -0.159. The van der Waals surface area contributed by atoms with E-state index in [2.05, 4.69) is 12.2 Å². The Morgan fingerprint density at radius 1 is 1.31 bits per heavy atom. The van der Waals surface area contributed by atoms with Gasteiger partial charge in [0.05, 0.1) is 12.2 Å². The van der Waals surface area contributed by atoms with Crippen LogP contribution in [0.15, 0.2) is 0 Å². The smallest absolute Gasteiger partial charge is 0.261 e. The molecule has 1 saturated carbocycles. The van der Waals surface area contributed by atoms with Crippen LogP contribution in [0.1, 0.15) is 26.7 Å².